The zero-order valence-electron chi connectivity index (χ0n) is 16.8. The molecule has 4 rings (SSSR count). The smallest absolute Gasteiger partial charge is 0.259 e. The largest absolute Gasteiger partial charge is 0.495 e. The fourth-order valence-electron chi connectivity index (χ4n) is 3.79. The summed E-state index contributed by atoms with van der Waals surface area (Å²) < 4.78 is 11.1. The number of benzene rings is 1. The Kier molecular flexibility index (Phi) is 5.90. The summed E-state index contributed by atoms with van der Waals surface area (Å²) in [7, 11) is 1.61. The first-order chi connectivity index (χ1) is 14.2. The van der Waals surface area contributed by atoms with Crippen LogP contribution in [0.3, 0.4) is 0 Å². The molecule has 3 aromatic rings. The molecule has 0 radical (unpaired) electrons. The van der Waals surface area contributed by atoms with Crippen LogP contribution in [0.4, 0.5) is 10.7 Å². The van der Waals surface area contributed by atoms with E-state index in [0.717, 1.165) is 41.3 Å². The van der Waals surface area contributed by atoms with Crippen molar-refractivity contribution in [2.75, 3.05) is 17.7 Å². The Labute approximate surface area is 175 Å². The highest BCUT2D eigenvalue weighted by atomic mass is 32.1. The minimum absolute atomic E-state index is 0.0907. The third kappa shape index (κ3) is 4.32. The Balaban J connectivity index is 1.64. The molecular weight excluding hydrogens is 384 g/mol. The van der Waals surface area contributed by atoms with Gasteiger partial charge >= 0.3 is 0 Å². The fourth-order valence-corrected chi connectivity index (χ4v) is 5.07. The van der Waals surface area contributed by atoms with E-state index in [2.05, 4.69) is 10.6 Å². The Hall–Kier alpha value is -2.73. The Morgan fingerprint density at radius 1 is 1.14 bits per heavy atom. The first-order valence-corrected chi connectivity index (χ1v) is 10.9. The molecule has 2 aromatic heterocycles. The number of hydrogen-bond acceptors (Lipinski definition) is 5. The second-order valence-corrected chi connectivity index (χ2v) is 8.39. The maximum absolute atomic E-state index is 13.3. The minimum Gasteiger partial charge on any atom is -0.495 e. The minimum atomic E-state index is -0.0907. The van der Waals surface area contributed by atoms with Crippen molar-refractivity contribution in [2.45, 2.75) is 45.6 Å². The summed E-state index contributed by atoms with van der Waals surface area (Å²) in [5.41, 5.74) is 2.64. The zero-order chi connectivity index (χ0) is 20.2. The number of thiophene rings is 1. The molecule has 0 aliphatic heterocycles. The molecular formula is C23H26N2O3S. The molecule has 1 amide bonds. The van der Waals surface area contributed by atoms with Crippen LogP contribution in [-0.4, -0.2) is 13.0 Å². The van der Waals surface area contributed by atoms with E-state index >= 15 is 0 Å². The number of furan rings is 1. The predicted octanol–water partition coefficient (Wildman–Crippen LogP) is 5.79. The third-order valence-corrected chi connectivity index (χ3v) is 6.47. The summed E-state index contributed by atoms with van der Waals surface area (Å²) in [6.07, 6.45) is 5.50. The molecule has 152 valence electrons. The number of fused-ring (bicyclic) bond motifs is 1. The van der Waals surface area contributed by atoms with Crippen molar-refractivity contribution in [3.05, 3.63) is 63.9 Å². The van der Waals surface area contributed by atoms with E-state index in [1.807, 2.05) is 43.3 Å². The quantitative estimate of drug-likeness (QED) is 0.505. The van der Waals surface area contributed by atoms with Gasteiger partial charge in [0.15, 0.2) is 0 Å². The van der Waals surface area contributed by atoms with Gasteiger partial charge in [0.25, 0.3) is 5.91 Å². The Bertz CT molecular complexity index is 1010. The molecule has 6 heteroatoms. The molecule has 1 aliphatic carbocycles. The van der Waals surface area contributed by atoms with Gasteiger partial charge < -0.3 is 19.8 Å². The van der Waals surface area contributed by atoms with Gasteiger partial charge in [0.1, 0.15) is 22.3 Å². The number of ether oxygens (including phenoxy) is 1. The number of carbonyl (C=O) groups is 1. The second kappa shape index (κ2) is 8.74. The lowest BCUT2D eigenvalue weighted by Crippen LogP contribution is -2.16. The van der Waals surface area contributed by atoms with Crippen LogP contribution in [0.5, 0.6) is 5.75 Å². The molecule has 0 bridgehead atoms. The second-order valence-electron chi connectivity index (χ2n) is 7.29. The van der Waals surface area contributed by atoms with Gasteiger partial charge in [-0.25, -0.2) is 0 Å². The van der Waals surface area contributed by atoms with Gasteiger partial charge in [0.05, 0.1) is 24.9 Å². The van der Waals surface area contributed by atoms with E-state index in [0.29, 0.717) is 18.0 Å². The lowest BCUT2D eigenvalue weighted by Gasteiger charge is -2.12. The van der Waals surface area contributed by atoms with Gasteiger partial charge in [-0.2, -0.15) is 0 Å². The lowest BCUT2D eigenvalue weighted by molar-refractivity contribution is 0.102. The molecule has 0 spiro atoms. The van der Waals surface area contributed by atoms with Crippen molar-refractivity contribution in [3.8, 4) is 5.75 Å². The summed E-state index contributed by atoms with van der Waals surface area (Å²) in [5.74, 6) is 2.31. The van der Waals surface area contributed by atoms with Gasteiger partial charge in [-0.05, 0) is 62.4 Å². The number of carbonyl (C=O) groups excluding carboxylic acids is 1. The first kappa shape index (κ1) is 19.6. The highest BCUT2D eigenvalue weighted by Gasteiger charge is 2.25. The fraction of sp³-hybridized carbons (Fsp3) is 0.348. The van der Waals surface area contributed by atoms with Crippen LogP contribution in [0, 0.1) is 6.92 Å². The van der Waals surface area contributed by atoms with Crippen molar-refractivity contribution < 1.29 is 13.9 Å². The van der Waals surface area contributed by atoms with Crippen molar-refractivity contribution >= 4 is 27.9 Å². The first-order valence-electron chi connectivity index (χ1n) is 10.0. The van der Waals surface area contributed by atoms with E-state index in [9.17, 15) is 4.79 Å². The predicted molar refractivity (Wildman–Crippen MR) is 117 cm³/mol. The van der Waals surface area contributed by atoms with E-state index in [-0.39, 0.29) is 5.91 Å². The molecule has 5 nitrogen and oxygen atoms in total. The normalized spacial score (nSPS) is 13.4. The SMILES string of the molecule is COc1ccccc1NC(=O)c1c(NCc2ccc(C)o2)sc2c1CCCCC2. The average Bonchev–Trinajstić information content (AvgIpc) is 3.22. The van der Waals surface area contributed by atoms with E-state index in [4.69, 9.17) is 9.15 Å². The van der Waals surface area contributed by atoms with Crippen LogP contribution >= 0.6 is 11.3 Å². The molecule has 0 atom stereocenters. The van der Waals surface area contributed by atoms with Crippen LogP contribution in [0.2, 0.25) is 0 Å². The maximum atomic E-state index is 13.3. The summed E-state index contributed by atoms with van der Waals surface area (Å²) in [6.45, 7) is 2.49. The molecule has 0 unspecified atom stereocenters. The van der Waals surface area contributed by atoms with Gasteiger partial charge in [-0.3, -0.25) is 4.79 Å². The molecule has 0 saturated carbocycles. The number of para-hydroxylation sites is 2. The molecule has 29 heavy (non-hydrogen) atoms. The van der Waals surface area contributed by atoms with Crippen molar-refractivity contribution in [1.82, 2.24) is 0 Å². The van der Waals surface area contributed by atoms with Crippen LogP contribution < -0.4 is 15.4 Å². The van der Waals surface area contributed by atoms with Crippen LogP contribution in [0.25, 0.3) is 0 Å². The molecule has 2 heterocycles. The third-order valence-electron chi connectivity index (χ3n) is 5.22. The van der Waals surface area contributed by atoms with Gasteiger partial charge in [0.2, 0.25) is 0 Å². The molecule has 0 fully saturated rings. The molecule has 1 aliphatic rings. The van der Waals surface area contributed by atoms with E-state index in [1.165, 1.54) is 23.3 Å². The Morgan fingerprint density at radius 3 is 2.76 bits per heavy atom. The summed E-state index contributed by atoms with van der Waals surface area (Å²) in [5, 5.41) is 7.42. The summed E-state index contributed by atoms with van der Waals surface area (Å²) in [4.78, 5) is 14.7. The zero-order valence-corrected chi connectivity index (χ0v) is 17.7. The van der Waals surface area contributed by atoms with Gasteiger partial charge in [0, 0.05) is 4.88 Å². The average molecular weight is 411 g/mol. The number of nitrogens with one attached hydrogen (secondary N) is 2. The van der Waals surface area contributed by atoms with Crippen LogP contribution in [-0.2, 0) is 19.4 Å². The topological polar surface area (TPSA) is 63.5 Å². The summed E-state index contributed by atoms with van der Waals surface area (Å²) in [6, 6.07) is 11.4. The van der Waals surface area contributed by atoms with Crippen molar-refractivity contribution in [1.29, 1.82) is 0 Å². The maximum Gasteiger partial charge on any atom is 0.259 e. The number of rotatable bonds is 6. The number of anilines is 2. The molecule has 2 N–H and O–H groups in total. The number of hydrogen-bond donors (Lipinski definition) is 2. The Morgan fingerprint density at radius 2 is 1.97 bits per heavy atom. The number of aryl methyl sites for hydroxylation is 2. The highest BCUT2D eigenvalue weighted by Crippen LogP contribution is 2.38. The number of amides is 1. The van der Waals surface area contributed by atoms with E-state index < -0.39 is 0 Å². The van der Waals surface area contributed by atoms with Gasteiger partial charge in [-0.1, -0.05) is 18.6 Å². The van der Waals surface area contributed by atoms with Crippen molar-refractivity contribution in [3.63, 3.8) is 0 Å². The van der Waals surface area contributed by atoms with Crippen LogP contribution in [0.15, 0.2) is 40.8 Å². The standard InChI is InChI=1S/C23H26N2O3S/c1-15-12-13-16(28-15)14-24-23-21(17-8-4-3-5-11-20(17)29-23)22(26)25-18-9-6-7-10-19(18)27-2/h6-7,9-10,12-13,24H,3-5,8,11,14H2,1-2H3,(H,25,26). The van der Waals surface area contributed by atoms with E-state index in [1.54, 1.807) is 18.4 Å². The molecule has 0 saturated heterocycles. The molecule has 1 aromatic carbocycles. The highest BCUT2D eigenvalue weighted by molar-refractivity contribution is 7.16. The van der Waals surface area contributed by atoms with Crippen LogP contribution in [0.1, 0.15) is 51.6 Å². The number of methoxy groups -OCH3 is 1. The summed E-state index contributed by atoms with van der Waals surface area (Å²) >= 11 is 1.71. The lowest BCUT2D eigenvalue weighted by atomic mass is 10.0. The van der Waals surface area contributed by atoms with Gasteiger partial charge in [-0.15, -0.1) is 11.3 Å². The van der Waals surface area contributed by atoms with Crippen molar-refractivity contribution in [2.24, 2.45) is 0 Å². The monoisotopic (exact) mass is 410 g/mol.